The Balaban J connectivity index is 1.65. The molecule has 1 aromatic rings. The van der Waals surface area contributed by atoms with Crippen LogP contribution < -0.4 is 4.74 Å². The van der Waals surface area contributed by atoms with Crippen molar-refractivity contribution in [2.75, 3.05) is 0 Å². The number of fused-ring (bicyclic) bond motifs is 1. The van der Waals surface area contributed by atoms with Crippen LogP contribution >= 0.6 is 0 Å². The molecule has 1 aliphatic heterocycles. The molecule has 1 atom stereocenters. The van der Waals surface area contributed by atoms with Crippen LogP contribution in [0.3, 0.4) is 0 Å². The van der Waals surface area contributed by atoms with E-state index in [1.807, 2.05) is 26.0 Å². The largest absolute Gasteiger partial charge is 0.511 e. The Kier molecular flexibility index (Phi) is 5.11. The predicted octanol–water partition coefficient (Wildman–Crippen LogP) is 4.50. The van der Waals surface area contributed by atoms with Gasteiger partial charge in [-0.15, -0.1) is 0 Å². The molecule has 1 aliphatic carbocycles. The minimum absolute atomic E-state index is 0.0391. The molecule has 1 unspecified atom stereocenters. The number of allylic oxidation sites excluding steroid dienone is 1. The van der Waals surface area contributed by atoms with Crippen molar-refractivity contribution in [3.63, 3.8) is 0 Å². The van der Waals surface area contributed by atoms with Gasteiger partial charge in [-0.1, -0.05) is 13.5 Å². The van der Waals surface area contributed by atoms with Gasteiger partial charge in [0.15, 0.2) is 5.78 Å². The Morgan fingerprint density at radius 1 is 1.24 bits per heavy atom. The molecule has 0 aromatic heterocycles. The molecule has 5 nitrogen and oxygen atoms in total. The molecular weight excluding hydrogens is 320 g/mol. The van der Waals surface area contributed by atoms with E-state index in [2.05, 4.69) is 6.58 Å². The van der Waals surface area contributed by atoms with Crippen LogP contribution in [0.5, 0.6) is 5.75 Å². The van der Waals surface area contributed by atoms with E-state index in [0.29, 0.717) is 29.7 Å². The molecule has 134 valence electrons. The molecule has 25 heavy (non-hydrogen) atoms. The second kappa shape index (κ2) is 7.30. The normalized spacial score (nSPS) is 19.2. The fourth-order valence-electron chi connectivity index (χ4n) is 3.30. The zero-order valence-corrected chi connectivity index (χ0v) is 14.8. The third-order valence-corrected chi connectivity index (χ3v) is 4.84. The third kappa shape index (κ3) is 3.86. The van der Waals surface area contributed by atoms with Gasteiger partial charge in [-0.3, -0.25) is 4.79 Å². The van der Waals surface area contributed by atoms with E-state index in [4.69, 9.17) is 14.2 Å². The summed E-state index contributed by atoms with van der Waals surface area (Å²) in [6.07, 6.45) is 3.56. The van der Waals surface area contributed by atoms with E-state index in [-0.39, 0.29) is 11.9 Å². The fourth-order valence-corrected chi connectivity index (χ4v) is 3.30. The summed E-state index contributed by atoms with van der Waals surface area (Å²) in [5.41, 5.74) is 2.89. The topological polar surface area (TPSA) is 61.8 Å². The van der Waals surface area contributed by atoms with Gasteiger partial charge in [0, 0.05) is 11.1 Å². The van der Waals surface area contributed by atoms with E-state index in [0.717, 1.165) is 36.8 Å². The van der Waals surface area contributed by atoms with Crippen molar-refractivity contribution in [1.82, 2.24) is 0 Å². The number of benzene rings is 1. The molecule has 0 spiro atoms. The Labute approximate surface area is 148 Å². The molecule has 0 radical (unpaired) electrons. The highest BCUT2D eigenvalue weighted by molar-refractivity contribution is 6.09. The van der Waals surface area contributed by atoms with Crippen molar-refractivity contribution in [2.45, 2.75) is 64.8 Å². The van der Waals surface area contributed by atoms with Crippen molar-refractivity contribution in [2.24, 2.45) is 0 Å². The first-order chi connectivity index (χ1) is 12.0. The van der Waals surface area contributed by atoms with Gasteiger partial charge in [0.2, 0.25) is 0 Å². The maximum Gasteiger partial charge on any atom is 0.511 e. The second-order valence-electron chi connectivity index (χ2n) is 6.70. The summed E-state index contributed by atoms with van der Waals surface area (Å²) >= 11 is 0. The highest BCUT2D eigenvalue weighted by Gasteiger charge is 2.30. The highest BCUT2D eigenvalue weighted by Crippen LogP contribution is 2.33. The second-order valence-corrected chi connectivity index (χ2v) is 6.70. The maximum absolute atomic E-state index is 12.4. The SMILES string of the molecule is C=C(CC)C(=O)c1cc2c(cc1C)OC(OC(=O)OC1CCCC1)C2. The highest BCUT2D eigenvalue weighted by atomic mass is 16.8. The lowest BCUT2D eigenvalue weighted by Crippen LogP contribution is -2.25. The first-order valence-electron chi connectivity index (χ1n) is 8.87. The standard InChI is InChI=1S/C20H24O5/c1-4-12(2)19(21)16-10-14-11-18(24-17(14)9-13(16)3)25-20(22)23-15-7-5-6-8-15/h9-10,15,18H,2,4-8,11H2,1,3H3. The molecule has 1 aromatic carbocycles. The van der Waals surface area contributed by atoms with Crippen molar-refractivity contribution in [3.8, 4) is 5.75 Å². The number of Topliss-reactive ketones (excluding diaryl/α,β-unsaturated/α-hetero) is 1. The summed E-state index contributed by atoms with van der Waals surface area (Å²) in [6.45, 7) is 7.59. The van der Waals surface area contributed by atoms with Gasteiger partial charge in [-0.05, 0) is 62.3 Å². The monoisotopic (exact) mass is 344 g/mol. The number of aryl methyl sites for hydroxylation is 1. The lowest BCUT2D eigenvalue weighted by molar-refractivity contribution is -0.0629. The summed E-state index contributed by atoms with van der Waals surface area (Å²) < 4.78 is 16.3. The number of carbonyl (C=O) groups excluding carboxylic acids is 2. The average Bonchev–Trinajstić information content (AvgIpc) is 3.21. The minimum atomic E-state index is -0.706. The number of ether oxygens (including phenoxy) is 3. The third-order valence-electron chi connectivity index (χ3n) is 4.84. The molecule has 1 saturated carbocycles. The lowest BCUT2D eigenvalue weighted by atomic mass is 9.95. The Bertz CT molecular complexity index is 700. The smallest absolute Gasteiger partial charge is 0.454 e. The molecule has 5 heteroatoms. The number of ketones is 1. The van der Waals surface area contributed by atoms with Crippen LogP contribution in [0.1, 0.15) is 60.5 Å². The zero-order valence-electron chi connectivity index (χ0n) is 14.8. The molecule has 1 fully saturated rings. The van der Waals surface area contributed by atoms with Gasteiger partial charge in [0.25, 0.3) is 6.29 Å². The predicted molar refractivity (Wildman–Crippen MR) is 92.9 cm³/mol. The van der Waals surface area contributed by atoms with Crippen molar-refractivity contribution >= 4 is 11.9 Å². The number of hydrogen-bond donors (Lipinski definition) is 0. The number of carbonyl (C=O) groups is 2. The van der Waals surface area contributed by atoms with Crippen LogP contribution in [0, 0.1) is 6.92 Å². The Morgan fingerprint density at radius 2 is 1.96 bits per heavy atom. The van der Waals surface area contributed by atoms with Gasteiger partial charge in [0.05, 0.1) is 6.42 Å². The van der Waals surface area contributed by atoms with Crippen LogP contribution in [-0.2, 0) is 15.9 Å². The molecule has 0 saturated heterocycles. The molecule has 3 rings (SSSR count). The molecule has 1 heterocycles. The summed E-state index contributed by atoms with van der Waals surface area (Å²) in [4.78, 5) is 24.3. The quantitative estimate of drug-likeness (QED) is 0.447. The average molecular weight is 344 g/mol. The molecule has 0 bridgehead atoms. The summed E-state index contributed by atoms with van der Waals surface area (Å²) in [6, 6.07) is 3.64. The van der Waals surface area contributed by atoms with E-state index in [1.165, 1.54) is 0 Å². The van der Waals surface area contributed by atoms with Crippen LogP contribution in [0.15, 0.2) is 24.3 Å². The van der Waals surface area contributed by atoms with Crippen LogP contribution in [0.4, 0.5) is 4.79 Å². The molecule has 0 N–H and O–H groups in total. The van der Waals surface area contributed by atoms with E-state index in [9.17, 15) is 9.59 Å². The van der Waals surface area contributed by atoms with Crippen molar-refractivity contribution in [1.29, 1.82) is 0 Å². The van der Waals surface area contributed by atoms with E-state index in [1.54, 1.807) is 0 Å². The Morgan fingerprint density at radius 3 is 2.64 bits per heavy atom. The van der Waals surface area contributed by atoms with Gasteiger partial charge < -0.3 is 14.2 Å². The summed E-state index contributed by atoms with van der Waals surface area (Å²) in [5, 5.41) is 0. The molecular formula is C20H24O5. The van der Waals surface area contributed by atoms with Gasteiger partial charge >= 0.3 is 6.16 Å². The van der Waals surface area contributed by atoms with Crippen molar-refractivity contribution in [3.05, 3.63) is 41.0 Å². The minimum Gasteiger partial charge on any atom is -0.454 e. The summed E-state index contributed by atoms with van der Waals surface area (Å²) in [5.74, 6) is 0.600. The van der Waals surface area contributed by atoms with E-state index < -0.39 is 12.4 Å². The first-order valence-corrected chi connectivity index (χ1v) is 8.87. The number of rotatable bonds is 5. The van der Waals surface area contributed by atoms with E-state index >= 15 is 0 Å². The lowest BCUT2D eigenvalue weighted by Gasteiger charge is -2.15. The first kappa shape index (κ1) is 17.5. The summed E-state index contributed by atoms with van der Waals surface area (Å²) in [7, 11) is 0. The van der Waals surface area contributed by atoms with Crippen molar-refractivity contribution < 1.29 is 23.8 Å². The van der Waals surface area contributed by atoms with Crippen LogP contribution in [-0.4, -0.2) is 24.3 Å². The Hall–Kier alpha value is -2.30. The van der Waals surface area contributed by atoms with Gasteiger partial charge in [-0.25, -0.2) is 4.79 Å². The zero-order chi connectivity index (χ0) is 18.0. The van der Waals surface area contributed by atoms with Crippen LogP contribution in [0.25, 0.3) is 0 Å². The van der Waals surface area contributed by atoms with Gasteiger partial charge in [0.1, 0.15) is 11.9 Å². The maximum atomic E-state index is 12.4. The fraction of sp³-hybridized carbons (Fsp3) is 0.500. The molecule has 0 amide bonds. The van der Waals surface area contributed by atoms with Crippen LogP contribution in [0.2, 0.25) is 0 Å². The molecule has 2 aliphatic rings. The van der Waals surface area contributed by atoms with Gasteiger partial charge in [-0.2, -0.15) is 0 Å². The number of hydrogen-bond acceptors (Lipinski definition) is 5.